The quantitative estimate of drug-likeness (QED) is 0.840. The predicted molar refractivity (Wildman–Crippen MR) is 101 cm³/mol. The fourth-order valence-electron chi connectivity index (χ4n) is 3.30. The van der Waals surface area contributed by atoms with Crippen molar-refractivity contribution in [3.05, 3.63) is 33.8 Å². The zero-order chi connectivity index (χ0) is 18.1. The molecule has 2 heterocycles. The third-order valence-corrected chi connectivity index (χ3v) is 6.11. The molecule has 138 valence electrons. The van der Waals surface area contributed by atoms with Crippen LogP contribution in [0, 0.1) is 0 Å². The van der Waals surface area contributed by atoms with Gasteiger partial charge in [0.05, 0.1) is 17.8 Å². The Morgan fingerprint density at radius 3 is 2.85 bits per heavy atom. The molecule has 1 amide bonds. The molecule has 4 rings (SSSR count). The van der Waals surface area contributed by atoms with Crippen molar-refractivity contribution >= 4 is 22.9 Å². The SMILES string of the molecule is CC(NC(C)c1nc2c(s1)CCCC2)C(=O)Nc1ccc2c(c1)OCO2. The summed E-state index contributed by atoms with van der Waals surface area (Å²) >= 11 is 1.78. The van der Waals surface area contributed by atoms with Crippen LogP contribution < -0.4 is 20.1 Å². The summed E-state index contributed by atoms with van der Waals surface area (Å²) in [5, 5.41) is 7.35. The van der Waals surface area contributed by atoms with Crippen LogP contribution in [-0.4, -0.2) is 23.7 Å². The highest BCUT2D eigenvalue weighted by atomic mass is 32.1. The van der Waals surface area contributed by atoms with Gasteiger partial charge < -0.3 is 14.8 Å². The van der Waals surface area contributed by atoms with E-state index in [1.807, 2.05) is 13.0 Å². The van der Waals surface area contributed by atoms with Gasteiger partial charge in [-0.3, -0.25) is 10.1 Å². The van der Waals surface area contributed by atoms with Crippen LogP contribution in [0.3, 0.4) is 0 Å². The Hall–Kier alpha value is -2.12. The van der Waals surface area contributed by atoms with Crippen LogP contribution in [0.25, 0.3) is 0 Å². The second-order valence-corrected chi connectivity index (χ2v) is 7.91. The van der Waals surface area contributed by atoms with Gasteiger partial charge >= 0.3 is 0 Å². The van der Waals surface area contributed by atoms with Gasteiger partial charge in [-0.1, -0.05) is 0 Å². The third kappa shape index (κ3) is 3.54. The minimum Gasteiger partial charge on any atom is -0.454 e. The Morgan fingerprint density at radius 1 is 1.19 bits per heavy atom. The van der Waals surface area contributed by atoms with Gasteiger partial charge in [-0.15, -0.1) is 11.3 Å². The molecular formula is C19H23N3O3S. The van der Waals surface area contributed by atoms with Gasteiger partial charge in [-0.25, -0.2) is 4.98 Å². The number of rotatable bonds is 5. The summed E-state index contributed by atoms with van der Waals surface area (Å²) in [7, 11) is 0. The molecule has 7 heteroatoms. The van der Waals surface area contributed by atoms with Crippen molar-refractivity contribution in [1.29, 1.82) is 0 Å². The number of thiazole rings is 1. The Kier molecular flexibility index (Phi) is 4.82. The number of nitrogens with zero attached hydrogens (tertiary/aromatic N) is 1. The molecule has 0 spiro atoms. The fourth-order valence-corrected chi connectivity index (χ4v) is 4.47. The van der Waals surface area contributed by atoms with Crippen LogP contribution in [0.15, 0.2) is 18.2 Å². The van der Waals surface area contributed by atoms with E-state index < -0.39 is 0 Å². The van der Waals surface area contributed by atoms with Crippen molar-refractivity contribution < 1.29 is 14.3 Å². The van der Waals surface area contributed by atoms with E-state index in [4.69, 9.17) is 14.5 Å². The standard InChI is InChI=1S/C19H23N3O3S/c1-11(18(23)21-13-7-8-15-16(9-13)25-10-24-15)20-12(2)19-22-14-5-3-4-6-17(14)26-19/h7-9,11-12,20H,3-6,10H2,1-2H3,(H,21,23). The number of fused-ring (bicyclic) bond motifs is 2. The number of nitrogens with one attached hydrogen (secondary N) is 2. The van der Waals surface area contributed by atoms with Gasteiger partial charge in [0.1, 0.15) is 5.01 Å². The van der Waals surface area contributed by atoms with Gasteiger partial charge in [0.25, 0.3) is 0 Å². The number of carbonyl (C=O) groups is 1. The van der Waals surface area contributed by atoms with Gasteiger partial charge in [-0.2, -0.15) is 0 Å². The topological polar surface area (TPSA) is 72.5 Å². The summed E-state index contributed by atoms with van der Waals surface area (Å²) in [5.74, 6) is 1.28. The zero-order valence-corrected chi connectivity index (χ0v) is 15.8. The molecule has 0 saturated carbocycles. The summed E-state index contributed by atoms with van der Waals surface area (Å²) in [5.41, 5.74) is 1.95. The van der Waals surface area contributed by atoms with E-state index in [-0.39, 0.29) is 24.8 Å². The number of aromatic nitrogens is 1. The Bertz CT molecular complexity index is 797. The van der Waals surface area contributed by atoms with Gasteiger partial charge in [0.15, 0.2) is 11.5 Å². The first-order valence-electron chi connectivity index (χ1n) is 9.05. The van der Waals surface area contributed by atoms with E-state index in [0.717, 1.165) is 17.8 Å². The van der Waals surface area contributed by atoms with Crippen molar-refractivity contribution in [2.45, 2.75) is 51.6 Å². The smallest absolute Gasteiger partial charge is 0.241 e. The lowest BCUT2D eigenvalue weighted by molar-refractivity contribution is -0.117. The number of benzene rings is 1. The molecule has 1 aromatic carbocycles. The highest BCUT2D eigenvalue weighted by molar-refractivity contribution is 7.11. The van der Waals surface area contributed by atoms with Crippen molar-refractivity contribution in [2.24, 2.45) is 0 Å². The monoisotopic (exact) mass is 373 g/mol. The summed E-state index contributed by atoms with van der Waals surface area (Å²) in [6, 6.07) is 5.11. The molecule has 2 atom stereocenters. The average molecular weight is 373 g/mol. The van der Waals surface area contributed by atoms with Gasteiger partial charge in [0.2, 0.25) is 12.7 Å². The molecule has 0 fully saturated rings. The van der Waals surface area contributed by atoms with Crippen molar-refractivity contribution in [1.82, 2.24) is 10.3 Å². The normalized spacial score (nSPS) is 17.5. The Labute approximate surface area is 156 Å². The molecule has 1 aliphatic heterocycles. The molecule has 1 aromatic heterocycles. The lowest BCUT2D eigenvalue weighted by Crippen LogP contribution is -2.39. The molecule has 2 unspecified atom stereocenters. The summed E-state index contributed by atoms with van der Waals surface area (Å²) in [6.07, 6.45) is 4.70. The molecule has 0 radical (unpaired) electrons. The number of hydrogen-bond donors (Lipinski definition) is 2. The van der Waals surface area contributed by atoms with E-state index in [1.165, 1.54) is 23.4 Å². The molecule has 6 nitrogen and oxygen atoms in total. The third-order valence-electron chi connectivity index (χ3n) is 4.77. The zero-order valence-electron chi connectivity index (χ0n) is 15.0. The van der Waals surface area contributed by atoms with E-state index in [2.05, 4.69) is 17.6 Å². The number of ether oxygens (including phenoxy) is 2. The predicted octanol–water partition coefficient (Wildman–Crippen LogP) is 3.43. The van der Waals surface area contributed by atoms with Crippen LogP contribution >= 0.6 is 11.3 Å². The molecule has 0 saturated heterocycles. The minimum absolute atomic E-state index is 0.0445. The molecule has 1 aliphatic carbocycles. The number of amides is 1. The second-order valence-electron chi connectivity index (χ2n) is 6.80. The first-order chi connectivity index (χ1) is 12.6. The fraction of sp³-hybridized carbons (Fsp3) is 0.474. The largest absolute Gasteiger partial charge is 0.454 e. The van der Waals surface area contributed by atoms with Gasteiger partial charge in [0, 0.05) is 16.6 Å². The molecule has 2 aromatic rings. The van der Waals surface area contributed by atoms with E-state index in [0.29, 0.717) is 17.2 Å². The Balaban J connectivity index is 1.37. The number of anilines is 1. The number of hydrogen-bond acceptors (Lipinski definition) is 6. The summed E-state index contributed by atoms with van der Waals surface area (Å²) < 4.78 is 10.6. The lowest BCUT2D eigenvalue weighted by atomic mass is 10.0. The maximum atomic E-state index is 12.5. The highest BCUT2D eigenvalue weighted by Crippen LogP contribution is 2.34. The highest BCUT2D eigenvalue weighted by Gasteiger charge is 2.22. The van der Waals surface area contributed by atoms with Crippen LogP contribution in [0.5, 0.6) is 11.5 Å². The summed E-state index contributed by atoms with van der Waals surface area (Å²) in [4.78, 5) is 18.7. The van der Waals surface area contributed by atoms with Crippen LogP contribution in [0.2, 0.25) is 0 Å². The van der Waals surface area contributed by atoms with E-state index >= 15 is 0 Å². The van der Waals surface area contributed by atoms with E-state index in [9.17, 15) is 4.79 Å². The molecule has 2 aliphatic rings. The maximum Gasteiger partial charge on any atom is 0.241 e. The first-order valence-corrected chi connectivity index (χ1v) is 9.87. The van der Waals surface area contributed by atoms with Crippen molar-refractivity contribution in [3.63, 3.8) is 0 Å². The van der Waals surface area contributed by atoms with Crippen molar-refractivity contribution in [2.75, 3.05) is 12.1 Å². The second kappa shape index (κ2) is 7.25. The van der Waals surface area contributed by atoms with Crippen LogP contribution in [-0.2, 0) is 17.6 Å². The van der Waals surface area contributed by atoms with Crippen molar-refractivity contribution in [3.8, 4) is 11.5 Å². The van der Waals surface area contributed by atoms with E-state index in [1.54, 1.807) is 23.5 Å². The number of aryl methyl sites for hydroxylation is 2. The lowest BCUT2D eigenvalue weighted by Gasteiger charge is -2.18. The van der Waals surface area contributed by atoms with Gasteiger partial charge in [-0.05, 0) is 51.7 Å². The molecule has 26 heavy (non-hydrogen) atoms. The summed E-state index contributed by atoms with van der Waals surface area (Å²) in [6.45, 7) is 4.15. The molecule has 2 N–H and O–H groups in total. The first kappa shape index (κ1) is 17.3. The Morgan fingerprint density at radius 2 is 2.00 bits per heavy atom. The minimum atomic E-state index is -0.337. The molecule has 0 bridgehead atoms. The number of carbonyl (C=O) groups excluding carboxylic acids is 1. The molecular weight excluding hydrogens is 350 g/mol. The maximum absolute atomic E-state index is 12.5. The van der Waals surface area contributed by atoms with Crippen LogP contribution in [0.4, 0.5) is 5.69 Å². The van der Waals surface area contributed by atoms with Crippen LogP contribution in [0.1, 0.15) is 48.3 Å². The average Bonchev–Trinajstić information content (AvgIpc) is 3.27.